The highest BCUT2D eigenvalue weighted by Gasteiger charge is 2.09. The zero-order chi connectivity index (χ0) is 17.6. The van der Waals surface area contributed by atoms with Crippen LogP contribution in [0.3, 0.4) is 0 Å². The lowest BCUT2D eigenvalue weighted by molar-refractivity contribution is -0.120. The van der Waals surface area contributed by atoms with Crippen molar-refractivity contribution in [2.45, 2.75) is 26.3 Å². The van der Waals surface area contributed by atoms with Crippen molar-refractivity contribution in [2.24, 2.45) is 0 Å². The van der Waals surface area contributed by atoms with Crippen molar-refractivity contribution in [1.82, 2.24) is 14.9 Å². The number of methoxy groups -OCH3 is 1. The average molecular weight is 337 g/mol. The Hall–Kier alpha value is -2.82. The van der Waals surface area contributed by atoms with E-state index in [0.717, 1.165) is 41.1 Å². The molecule has 0 bridgehead atoms. The summed E-state index contributed by atoms with van der Waals surface area (Å²) in [4.78, 5) is 16.7. The number of imidazole rings is 1. The van der Waals surface area contributed by atoms with E-state index in [9.17, 15) is 4.79 Å². The van der Waals surface area contributed by atoms with Crippen molar-refractivity contribution in [1.29, 1.82) is 0 Å². The molecular formula is C20H23N3O2. The summed E-state index contributed by atoms with van der Waals surface area (Å²) in [5, 5.41) is 2.98. The highest BCUT2D eigenvalue weighted by atomic mass is 16.5. The van der Waals surface area contributed by atoms with Gasteiger partial charge in [-0.25, -0.2) is 4.98 Å². The molecule has 1 N–H and O–H groups in total. The van der Waals surface area contributed by atoms with Gasteiger partial charge in [-0.1, -0.05) is 30.3 Å². The van der Waals surface area contributed by atoms with Crippen LogP contribution in [0.15, 0.2) is 48.5 Å². The number of para-hydroxylation sites is 3. The van der Waals surface area contributed by atoms with Crippen molar-refractivity contribution in [3.05, 3.63) is 59.9 Å². The van der Waals surface area contributed by atoms with Gasteiger partial charge in [0.05, 0.1) is 24.6 Å². The van der Waals surface area contributed by atoms with Gasteiger partial charge in [-0.3, -0.25) is 4.79 Å². The summed E-state index contributed by atoms with van der Waals surface area (Å²) in [5.41, 5.74) is 3.06. The van der Waals surface area contributed by atoms with Crippen molar-refractivity contribution < 1.29 is 9.53 Å². The molecule has 1 amide bonds. The van der Waals surface area contributed by atoms with E-state index in [0.29, 0.717) is 13.0 Å². The van der Waals surface area contributed by atoms with Crippen LogP contribution in [0.25, 0.3) is 11.0 Å². The SMILES string of the molecule is COc1ccccc1CC(=O)NCCCn1c(C)nc2ccccc21. The topological polar surface area (TPSA) is 56.1 Å². The number of rotatable bonds is 7. The van der Waals surface area contributed by atoms with E-state index >= 15 is 0 Å². The second-order valence-electron chi connectivity index (χ2n) is 5.99. The Bertz CT molecular complexity index is 870. The third kappa shape index (κ3) is 3.99. The molecule has 0 aliphatic heterocycles. The number of benzene rings is 2. The van der Waals surface area contributed by atoms with Crippen LogP contribution in [-0.2, 0) is 17.8 Å². The standard InChI is InChI=1S/C20H23N3O2/c1-15-22-17-9-4-5-10-18(17)23(15)13-7-12-21-20(24)14-16-8-3-6-11-19(16)25-2/h3-6,8-11H,7,12-14H2,1-2H3,(H,21,24). The van der Waals surface area contributed by atoms with E-state index in [-0.39, 0.29) is 5.91 Å². The maximum Gasteiger partial charge on any atom is 0.224 e. The largest absolute Gasteiger partial charge is 0.496 e. The Labute approximate surface area is 147 Å². The summed E-state index contributed by atoms with van der Waals surface area (Å²) < 4.78 is 7.48. The Kier molecular flexibility index (Phi) is 5.33. The normalized spacial score (nSPS) is 10.8. The lowest BCUT2D eigenvalue weighted by Crippen LogP contribution is -2.27. The fourth-order valence-electron chi connectivity index (χ4n) is 3.03. The van der Waals surface area contributed by atoms with Crippen molar-refractivity contribution in [2.75, 3.05) is 13.7 Å². The third-order valence-electron chi connectivity index (χ3n) is 4.27. The number of aryl methyl sites for hydroxylation is 2. The average Bonchev–Trinajstić information content (AvgIpc) is 2.94. The van der Waals surface area contributed by atoms with E-state index in [1.807, 2.05) is 49.4 Å². The number of ether oxygens (including phenoxy) is 1. The monoisotopic (exact) mass is 337 g/mol. The third-order valence-corrected chi connectivity index (χ3v) is 4.27. The first-order valence-electron chi connectivity index (χ1n) is 8.49. The Morgan fingerprint density at radius 2 is 1.92 bits per heavy atom. The molecule has 5 nitrogen and oxygen atoms in total. The number of nitrogens with one attached hydrogen (secondary N) is 1. The zero-order valence-corrected chi connectivity index (χ0v) is 14.7. The molecule has 130 valence electrons. The minimum Gasteiger partial charge on any atom is -0.496 e. The van der Waals surface area contributed by atoms with Gasteiger partial charge in [-0.15, -0.1) is 0 Å². The van der Waals surface area contributed by atoms with Gasteiger partial charge in [0.15, 0.2) is 0 Å². The molecule has 25 heavy (non-hydrogen) atoms. The highest BCUT2D eigenvalue weighted by Crippen LogP contribution is 2.18. The van der Waals surface area contributed by atoms with Crippen LogP contribution in [0.1, 0.15) is 17.8 Å². The minimum atomic E-state index is 0.0108. The van der Waals surface area contributed by atoms with Gasteiger partial charge in [0, 0.05) is 18.7 Å². The summed E-state index contributed by atoms with van der Waals surface area (Å²) >= 11 is 0. The molecule has 0 fully saturated rings. The first kappa shape index (κ1) is 17.0. The van der Waals surface area contributed by atoms with Gasteiger partial charge in [-0.05, 0) is 31.5 Å². The van der Waals surface area contributed by atoms with Crippen LogP contribution in [0.4, 0.5) is 0 Å². The van der Waals surface area contributed by atoms with Gasteiger partial charge in [-0.2, -0.15) is 0 Å². The Balaban J connectivity index is 1.51. The Morgan fingerprint density at radius 3 is 2.76 bits per heavy atom. The second-order valence-corrected chi connectivity index (χ2v) is 5.99. The predicted octanol–water partition coefficient (Wildman–Crippen LogP) is 3.10. The smallest absolute Gasteiger partial charge is 0.224 e. The molecule has 0 aliphatic rings. The fraction of sp³-hybridized carbons (Fsp3) is 0.300. The number of amides is 1. The summed E-state index contributed by atoms with van der Waals surface area (Å²) in [6, 6.07) is 15.7. The minimum absolute atomic E-state index is 0.0108. The van der Waals surface area contributed by atoms with E-state index in [2.05, 4.69) is 20.9 Å². The Morgan fingerprint density at radius 1 is 1.16 bits per heavy atom. The number of nitrogens with zero attached hydrogens (tertiary/aromatic N) is 2. The van der Waals surface area contributed by atoms with E-state index < -0.39 is 0 Å². The van der Waals surface area contributed by atoms with Gasteiger partial charge < -0.3 is 14.6 Å². The quantitative estimate of drug-likeness (QED) is 0.674. The van der Waals surface area contributed by atoms with Crippen LogP contribution in [0.2, 0.25) is 0 Å². The number of hydrogen-bond donors (Lipinski definition) is 1. The highest BCUT2D eigenvalue weighted by molar-refractivity contribution is 5.79. The molecule has 0 atom stereocenters. The molecule has 0 spiro atoms. The number of hydrogen-bond acceptors (Lipinski definition) is 3. The van der Waals surface area contributed by atoms with Crippen molar-refractivity contribution in [3.63, 3.8) is 0 Å². The van der Waals surface area contributed by atoms with Gasteiger partial charge in [0.2, 0.25) is 5.91 Å². The number of carbonyl (C=O) groups is 1. The predicted molar refractivity (Wildman–Crippen MR) is 98.8 cm³/mol. The molecule has 1 heterocycles. The van der Waals surface area contributed by atoms with Gasteiger partial charge in [0.25, 0.3) is 0 Å². The zero-order valence-electron chi connectivity index (χ0n) is 14.7. The maximum atomic E-state index is 12.1. The van der Waals surface area contributed by atoms with E-state index in [1.165, 1.54) is 0 Å². The number of aromatic nitrogens is 2. The summed E-state index contributed by atoms with van der Waals surface area (Å²) in [6.07, 6.45) is 1.19. The molecule has 0 saturated carbocycles. The van der Waals surface area contributed by atoms with Crippen molar-refractivity contribution >= 4 is 16.9 Å². The molecule has 2 aromatic carbocycles. The molecule has 0 saturated heterocycles. The fourth-order valence-corrected chi connectivity index (χ4v) is 3.03. The molecule has 5 heteroatoms. The molecule has 0 aliphatic carbocycles. The second kappa shape index (κ2) is 7.83. The van der Waals surface area contributed by atoms with Crippen LogP contribution in [-0.4, -0.2) is 29.1 Å². The lowest BCUT2D eigenvalue weighted by Gasteiger charge is -2.10. The molecule has 1 aromatic heterocycles. The molecule has 3 rings (SSSR count). The van der Waals surface area contributed by atoms with Gasteiger partial charge in [0.1, 0.15) is 11.6 Å². The molecule has 0 radical (unpaired) electrons. The molecule has 3 aromatic rings. The number of carbonyl (C=O) groups excluding carboxylic acids is 1. The number of fused-ring (bicyclic) bond motifs is 1. The summed E-state index contributed by atoms with van der Waals surface area (Å²) in [5.74, 6) is 1.76. The first-order chi connectivity index (χ1) is 12.2. The van der Waals surface area contributed by atoms with Gasteiger partial charge >= 0.3 is 0 Å². The summed E-state index contributed by atoms with van der Waals surface area (Å²) in [6.45, 7) is 3.49. The van der Waals surface area contributed by atoms with Crippen LogP contribution >= 0.6 is 0 Å². The first-order valence-corrected chi connectivity index (χ1v) is 8.49. The lowest BCUT2D eigenvalue weighted by atomic mass is 10.1. The van der Waals surface area contributed by atoms with Crippen LogP contribution in [0.5, 0.6) is 5.75 Å². The summed E-state index contributed by atoms with van der Waals surface area (Å²) in [7, 11) is 1.62. The van der Waals surface area contributed by atoms with Crippen molar-refractivity contribution in [3.8, 4) is 5.75 Å². The molecular weight excluding hydrogens is 314 g/mol. The van der Waals surface area contributed by atoms with E-state index in [1.54, 1.807) is 7.11 Å². The van der Waals surface area contributed by atoms with Crippen LogP contribution in [0, 0.1) is 6.92 Å². The molecule has 0 unspecified atom stereocenters. The maximum absolute atomic E-state index is 12.1. The van der Waals surface area contributed by atoms with E-state index in [4.69, 9.17) is 4.74 Å². The van der Waals surface area contributed by atoms with Crippen LogP contribution < -0.4 is 10.1 Å².